The fraction of sp³-hybridized carbons (Fsp3) is 0.200. The molecule has 3 heterocycles. The summed E-state index contributed by atoms with van der Waals surface area (Å²) in [5, 5.41) is 6.71. The summed E-state index contributed by atoms with van der Waals surface area (Å²) in [4.78, 5) is 27.9. The molecule has 0 aliphatic rings. The molecular weight excluding hydrogens is 451 g/mol. The lowest BCUT2D eigenvalue weighted by atomic mass is 10.1. The van der Waals surface area contributed by atoms with Crippen molar-refractivity contribution in [3.8, 4) is 0 Å². The number of hydrogen-bond acceptors (Lipinski definition) is 5. The maximum Gasteiger partial charge on any atom is 0.433 e. The number of pyridine rings is 1. The molecule has 0 fully saturated rings. The maximum absolute atomic E-state index is 13.0. The molecule has 12 heteroatoms. The monoisotopic (exact) mass is 461 g/mol. The second kappa shape index (κ2) is 6.60. The zero-order valence-electron chi connectivity index (χ0n) is 13.8. The molecule has 0 unspecified atom stereocenters. The van der Waals surface area contributed by atoms with Crippen LogP contribution in [0.3, 0.4) is 0 Å². The molecule has 27 heavy (non-hydrogen) atoms. The Morgan fingerprint density at radius 3 is 2.56 bits per heavy atom. The molecule has 3 N–H and O–H groups in total. The van der Waals surface area contributed by atoms with Crippen LogP contribution in [0.25, 0.3) is 10.2 Å². The Hall–Kier alpha value is -2.47. The normalized spacial score (nSPS) is 11.8. The van der Waals surface area contributed by atoms with Gasteiger partial charge in [-0.25, -0.2) is 4.98 Å². The molecule has 3 aromatic heterocycles. The molecule has 142 valence electrons. The molecule has 0 bridgehead atoms. The van der Waals surface area contributed by atoms with Gasteiger partial charge in [-0.3, -0.25) is 14.3 Å². The number of nitrogens with one attached hydrogen (secondary N) is 1. The third-order valence-electron chi connectivity index (χ3n) is 3.72. The van der Waals surface area contributed by atoms with E-state index in [4.69, 9.17) is 5.73 Å². The van der Waals surface area contributed by atoms with E-state index in [0.29, 0.717) is 15.8 Å². The number of amides is 2. The number of carbonyl (C=O) groups excluding carboxylic acids is 2. The van der Waals surface area contributed by atoms with Gasteiger partial charge in [0.05, 0.1) is 16.4 Å². The number of fused-ring (bicyclic) bond motifs is 1. The van der Waals surface area contributed by atoms with Crippen molar-refractivity contribution in [1.82, 2.24) is 14.8 Å². The lowest BCUT2D eigenvalue weighted by Gasteiger charge is -2.10. The average Bonchev–Trinajstić information content (AvgIpc) is 3.07. The number of thiophene rings is 1. The first kappa shape index (κ1) is 19.3. The van der Waals surface area contributed by atoms with E-state index < -0.39 is 23.7 Å². The molecule has 3 rings (SSSR count). The van der Waals surface area contributed by atoms with Crippen LogP contribution in [-0.4, -0.2) is 26.6 Å². The molecule has 0 aliphatic heterocycles. The number of primary amides is 1. The minimum atomic E-state index is -4.64. The van der Waals surface area contributed by atoms with Crippen LogP contribution in [0.4, 0.5) is 18.9 Å². The van der Waals surface area contributed by atoms with Gasteiger partial charge in [0.15, 0.2) is 0 Å². The summed E-state index contributed by atoms with van der Waals surface area (Å²) in [5.74, 6) is -1.49. The quantitative estimate of drug-likeness (QED) is 0.622. The number of carbonyl (C=O) groups is 2. The van der Waals surface area contributed by atoms with E-state index in [2.05, 4.69) is 31.3 Å². The summed E-state index contributed by atoms with van der Waals surface area (Å²) in [6, 6.07) is 0.857. The molecule has 0 aromatic carbocycles. The molecule has 0 spiro atoms. The van der Waals surface area contributed by atoms with Gasteiger partial charge in [0.1, 0.15) is 21.1 Å². The van der Waals surface area contributed by atoms with Gasteiger partial charge in [0.25, 0.3) is 11.8 Å². The average molecular weight is 462 g/mol. The van der Waals surface area contributed by atoms with Crippen molar-refractivity contribution >= 4 is 55.0 Å². The third-order valence-corrected chi connectivity index (χ3v) is 5.40. The van der Waals surface area contributed by atoms with Crippen molar-refractivity contribution in [2.45, 2.75) is 13.1 Å². The number of aryl methyl sites for hydroxylation is 2. The summed E-state index contributed by atoms with van der Waals surface area (Å²) >= 11 is 3.88. The predicted octanol–water partition coefficient (Wildman–Crippen LogP) is 3.47. The van der Waals surface area contributed by atoms with Gasteiger partial charge in [-0.1, -0.05) is 0 Å². The van der Waals surface area contributed by atoms with Crippen LogP contribution >= 0.6 is 27.3 Å². The van der Waals surface area contributed by atoms with Crippen LogP contribution < -0.4 is 11.1 Å². The SMILES string of the molecule is Cc1cc(C(F)(F)F)nc2sc(C(N)=O)c(NC(=O)c3c(Br)cnn3C)c12. The Morgan fingerprint density at radius 1 is 1.37 bits per heavy atom. The van der Waals surface area contributed by atoms with Crippen molar-refractivity contribution in [2.75, 3.05) is 5.32 Å². The van der Waals surface area contributed by atoms with Gasteiger partial charge >= 0.3 is 6.18 Å². The van der Waals surface area contributed by atoms with Gasteiger partial charge in [0, 0.05) is 12.4 Å². The zero-order valence-corrected chi connectivity index (χ0v) is 16.2. The van der Waals surface area contributed by atoms with E-state index in [1.54, 1.807) is 7.05 Å². The Morgan fingerprint density at radius 2 is 2.04 bits per heavy atom. The number of nitrogens with two attached hydrogens (primary N) is 1. The molecular formula is C15H11BrF3N5O2S. The molecule has 3 aromatic rings. The second-order valence-electron chi connectivity index (χ2n) is 5.59. The topological polar surface area (TPSA) is 103 Å². The molecule has 0 radical (unpaired) electrons. The van der Waals surface area contributed by atoms with Gasteiger partial charge in [-0.15, -0.1) is 11.3 Å². The summed E-state index contributed by atoms with van der Waals surface area (Å²) in [6.45, 7) is 1.44. The van der Waals surface area contributed by atoms with Crippen LogP contribution in [0.15, 0.2) is 16.7 Å². The number of hydrogen-bond donors (Lipinski definition) is 2. The van der Waals surface area contributed by atoms with Crippen LogP contribution in [0.1, 0.15) is 31.4 Å². The highest BCUT2D eigenvalue weighted by atomic mass is 79.9. The lowest BCUT2D eigenvalue weighted by molar-refractivity contribution is -0.141. The van der Waals surface area contributed by atoms with Crippen LogP contribution in [-0.2, 0) is 13.2 Å². The Kier molecular flexibility index (Phi) is 4.72. The van der Waals surface area contributed by atoms with E-state index in [-0.39, 0.29) is 32.0 Å². The summed E-state index contributed by atoms with van der Waals surface area (Å²) in [5.41, 5.74) is 4.66. The molecule has 0 aliphatic carbocycles. The smallest absolute Gasteiger partial charge is 0.365 e. The minimum absolute atomic E-state index is 0.0272. The van der Waals surface area contributed by atoms with E-state index in [0.717, 1.165) is 6.07 Å². The minimum Gasteiger partial charge on any atom is -0.365 e. The van der Waals surface area contributed by atoms with Crippen molar-refractivity contribution in [2.24, 2.45) is 12.8 Å². The van der Waals surface area contributed by atoms with Crippen molar-refractivity contribution in [3.63, 3.8) is 0 Å². The van der Waals surface area contributed by atoms with Crippen LogP contribution in [0.2, 0.25) is 0 Å². The van der Waals surface area contributed by atoms with E-state index in [9.17, 15) is 22.8 Å². The second-order valence-corrected chi connectivity index (χ2v) is 7.44. The summed E-state index contributed by atoms with van der Waals surface area (Å²) in [6.07, 6.45) is -3.23. The summed E-state index contributed by atoms with van der Waals surface area (Å²) < 4.78 is 40.8. The third kappa shape index (κ3) is 3.41. The summed E-state index contributed by atoms with van der Waals surface area (Å²) in [7, 11) is 1.54. The highest BCUT2D eigenvalue weighted by Gasteiger charge is 2.34. The number of aromatic nitrogens is 3. The Bertz CT molecular complexity index is 1070. The van der Waals surface area contributed by atoms with Gasteiger partial charge in [-0.2, -0.15) is 18.3 Å². The predicted molar refractivity (Wildman–Crippen MR) is 96.7 cm³/mol. The lowest BCUT2D eigenvalue weighted by Crippen LogP contribution is -2.19. The number of alkyl halides is 3. The highest BCUT2D eigenvalue weighted by molar-refractivity contribution is 9.10. The van der Waals surface area contributed by atoms with Crippen molar-refractivity contribution in [1.29, 1.82) is 0 Å². The van der Waals surface area contributed by atoms with Gasteiger partial charge < -0.3 is 11.1 Å². The van der Waals surface area contributed by atoms with Crippen molar-refractivity contribution < 1.29 is 22.8 Å². The van der Waals surface area contributed by atoms with Crippen molar-refractivity contribution in [3.05, 3.63) is 38.6 Å². The number of halogens is 4. The number of rotatable bonds is 3. The van der Waals surface area contributed by atoms with E-state index >= 15 is 0 Å². The van der Waals surface area contributed by atoms with Crippen LogP contribution in [0, 0.1) is 6.92 Å². The molecule has 0 saturated heterocycles. The molecule has 2 amide bonds. The Labute approximate surface area is 162 Å². The largest absolute Gasteiger partial charge is 0.433 e. The standard InChI is InChI=1S/C15H11BrF3N5O2S/c1-5-3-7(15(17,18)19)22-14-8(5)9(11(27-14)12(20)25)23-13(26)10-6(16)4-21-24(10)2/h3-4H,1-2H3,(H2,20,25)(H,23,26). The molecule has 0 saturated carbocycles. The Balaban J connectivity index is 2.18. The fourth-order valence-corrected chi connectivity index (χ4v) is 4.15. The maximum atomic E-state index is 13.0. The number of anilines is 1. The van der Waals surface area contributed by atoms with E-state index in [1.807, 2.05) is 0 Å². The first-order chi connectivity index (χ1) is 12.5. The first-order valence-corrected chi connectivity index (χ1v) is 8.91. The zero-order chi connectivity index (χ0) is 20.1. The highest BCUT2D eigenvalue weighted by Crippen LogP contribution is 2.40. The molecule has 7 nitrogen and oxygen atoms in total. The first-order valence-electron chi connectivity index (χ1n) is 7.30. The van der Waals surface area contributed by atoms with Gasteiger partial charge in [0.2, 0.25) is 0 Å². The van der Waals surface area contributed by atoms with E-state index in [1.165, 1.54) is 17.8 Å². The van der Waals surface area contributed by atoms with Crippen LogP contribution in [0.5, 0.6) is 0 Å². The van der Waals surface area contributed by atoms with Gasteiger partial charge in [-0.05, 0) is 34.5 Å². The molecule has 0 atom stereocenters. The fourth-order valence-electron chi connectivity index (χ4n) is 2.56. The number of nitrogens with zero attached hydrogens (tertiary/aromatic N) is 3.